The summed E-state index contributed by atoms with van der Waals surface area (Å²) in [6.45, 7) is 0.594. The van der Waals surface area contributed by atoms with Crippen molar-refractivity contribution in [1.82, 2.24) is 4.90 Å². The van der Waals surface area contributed by atoms with Crippen molar-refractivity contribution in [3.8, 4) is 0 Å². The lowest BCUT2D eigenvalue weighted by molar-refractivity contribution is 0.196. The number of rotatable bonds is 4. The van der Waals surface area contributed by atoms with Gasteiger partial charge in [0.25, 0.3) is 0 Å². The molecule has 0 saturated heterocycles. The van der Waals surface area contributed by atoms with E-state index in [1.165, 1.54) is 57.6 Å². The zero-order valence-corrected chi connectivity index (χ0v) is 14.7. The van der Waals surface area contributed by atoms with Crippen LogP contribution in [-0.4, -0.2) is 51.0 Å². The van der Waals surface area contributed by atoms with Gasteiger partial charge in [0.05, 0.1) is 5.75 Å². The molecular formula is C16H34N2O2S. The van der Waals surface area contributed by atoms with Crippen molar-refractivity contribution in [2.45, 2.75) is 76.3 Å². The van der Waals surface area contributed by atoms with Gasteiger partial charge in [-0.2, -0.15) is 0 Å². The van der Waals surface area contributed by atoms with Crippen molar-refractivity contribution in [1.29, 1.82) is 0 Å². The zero-order chi connectivity index (χ0) is 15.7. The summed E-state index contributed by atoms with van der Waals surface area (Å²) in [5.74, 6) is 0.229. The van der Waals surface area contributed by atoms with Crippen LogP contribution >= 0.6 is 0 Å². The summed E-state index contributed by atoms with van der Waals surface area (Å²) in [6, 6.07) is 0.500. The predicted octanol–water partition coefficient (Wildman–Crippen LogP) is 2.57. The molecular weight excluding hydrogens is 284 g/mol. The maximum absolute atomic E-state index is 11.3. The minimum absolute atomic E-state index is 0.175. The maximum Gasteiger partial charge on any atom is 0.148 e. The summed E-state index contributed by atoms with van der Waals surface area (Å²) >= 11 is 0. The quantitative estimate of drug-likeness (QED) is 0.865. The molecule has 0 spiro atoms. The Bertz CT molecular complexity index is 370. The monoisotopic (exact) mass is 318 g/mol. The van der Waals surface area contributed by atoms with Gasteiger partial charge in [-0.05, 0) is 19.9 Å². The van der Waals surface area contributed by atoms with Crippen LogP contribution in [0, 0.1) is 0 Å². The van der Waals surface area contributed by atoms with Crippen LogP contribution in [0.3, 0.4) is 0 Å². The van der Waals surface area contributed by atoms with Gasteiger partial charge in [0, 0.05) is 24.9 Å². The van der Waals surface area contributed by atoms with E-state index in [9.17, 15) is 8.42 Å². The Morgan fingerprint density at radius 3 is 1.95 bits per heavy atom. The molecule has 0 aromatic rings. The molecule has 2 N–H and O–H groups in total. The van der Waals surface area contributed by atoms with Gasteiger partial charge >= 0.3 is 0 Å². The van der Waals surface area contributed by atoms with Crippen molar-refractivity contribution >= 4 is 9.84 Å². The Morgan fingerprint density at radius 2 is 1.43 bits per heavy atom. The Hall–Kier alpha value is -0.130. The number of hydrogen-bond acceptors (Lipinski definition) is 4. The molecule has 21 heavy (non-hydrogen) atoms. The van der Waals surface area contributed by atoms with Gasteiger partial charge in [-0.3, -0.25) is 0 Å². The van der Waals surface area contributed by atoms with Crippen LogP contribution < -0.4 is 5.73 Å². The molecule has 0 bridgehead atoms. The van der Waals surface area contributed by atoms with E-state index in [4.69, 9.17) is 5.73 Å². The fourth-order valence-electron chi connectivity index (χ4n) is 3.22. The minimum atomic E-state index is -2.90. The largest absolute Gasteiger partial charge is 0.326 e. The molecule has 4 nitrogen and oxygen atoms in total. The standard InChI is InChI=1S/C16H34N2O2S/c1-18(13-14-21(2,19)20)16-12-10-8-6-4-3-5-7-9-11-15(16)17/h15-16H,3-14,17H2,1-2H3. The fraction of sp³-hybridized carbons (Fsp3) is 1.00. The molecule has 1 aliphatic rings. The molecule has 2 atom stereocenters. The highest BCUT2D eigenvalue weighted by molar-refractivity contribution is 7.90. The van der Waals surface area contributed by atoms with E-state index < -0.39 is 9.84 Å². The van der Waals surface area contributed by atoms with E-state index in [0.717, 1.165) is 12.8 Å². The second-order valence-corrected chi connectivity index (χ2v) is 9.01. The van der Waals surface area contributed by atoms with E-state index in [-0.39, 0.29) is 11.8 Å². The van der Waals surface area contributed by atoms with E-state index in [2.05, 4.69) is 4.90 Å². The van der Waals surface area contributed by atoms with Gasteiger partial charge in [-0.25, -0.2) is 8.42 Å². The first kappa shape index (κ1) is 18.9. The van der Waals surface area contributed by atoms with E-state index >= 15 is 0 Å². The Balaban J connectivity index is 2.54. The third-order valence-electron chi connectivity index (χ3n) is 4.66. The predicted molar refractivity (Wildman–Crippen MR) is 90.3 cm³/mol. The molecule has 0 heterocycles. The smallest absolute Gasteiger partial charge is 0.148 e. The first-order valence-electron chi connectivity index (χ1n) is 8.54. The van der Waals surface area contributed by atoms with Crippen molar-refractivity contribution in [2.24, 2.45) is 5.73 Å². The van der Waals surface area contributed by atoms with Crippen LogP contribution in [0.15, 0.2) is 0 Å². The first-order valence-corrected chi connectivity index (χ1v) is 10.6. The molecule has 0 aliphatic heterocycles. The third-order valence-corrected chi connectivity index (χ3v) is 5.59. The van der Waals surface area contributed by atoms with Crippen LogP contribution in [0.25, 0.3) is 0 Å². The van der Waals surface area contributed by atoms with Crippen LogP contribution in [-0.2, 0) is 9.84 Å². The van der Waals surface area contributed by atoms with Gasteiger partial charge in [0.2, 0.25) is 0 Å². The van der Waals surface area contributed by atoms with Crippen LogP contribution in [0.1, 0.15) is 64.2 Å². The highest BCUT2D eigenvalue weighted by Gasteiger charge is 2.22. The molecule has 0 amide bonds. The van der Waals surface area contributed by atoms with E-state index in [1.54, 1.807) is 0 Å². The van der Waals surface area contributed by atoms with Gasteiger partial charge in [0.15, 0.2) is 0 Å². The first-order chi connectivity index (χ1) is 9.90. The Labute approximate surface area is 131 Å². The van der Waals surface area contributed by atoms with Crippen molar-refractivity contribution < 1.29 is 8.42 Å². The normalized spacial score (nSPS) is 27.0. The summed E-state index contributed by atoms with van der Waals surface area (Å²) in [5.41, 5.74) is 6.41. The average molecular weight is 319 g/mol. The molecule has 0 aromatic carbocycles. The van der Waals surface area contributed by atoms with Crippen LogP contribution in [0.5, 0.6) is 0 Å². The highest BCUT2D eigenvalue weighted by Crippen LogP contribution is 2.19. The molecule has 0 aromatic heterocycles. The van der Waals surface area contributed by atoms with Gasteiger partial charge < -0.3 is 10.6 Å². The summed E-state index contributed by atoms with van der Waals surface area (Å²) in [5, 5.41) is 0. The van der Waals surface area contributed by atoms with E-state index in [0.29, 0.717) is 12.6 Å². The lowest BCUT2D eigenvalue weighted by atomic mass is 9.94. The SMILES string of the molecule is CN(CCS(C)(=O)=O)C1CCCCCCCCCCC1N. The summed E-state index contributed by atoms with van der Waals surface area (Å²) < 4.78 is 22.7. The topological polar surface area (TPSA) is 63.4 Å². The number of nitrogens with zero attached hydrogens (tertiary/aromatic N) is 1. The fourth-order valence-corrected chi connectivity index (χ4v) is 3.84. The maximum atomic E-state index is 11.3. The molecule has 2 unspecified atom stereocenters. The number of likely N-dealkylation sites (N-methyl/N-ethyl adjacent to an activating group) is 1. The highest BCUT2D eigenvalue weighted by atomic mass is 32.2. The summed E-state index contributed by atoms with van der Waals surface area (Å²) in [7, 11) is -0.868. The molecule has 126 valence electrons. The summed E-state index contributed by atoms with van der Waals surface area (Å²) in [4.78, 5) is 2.18. The van der Waals surface area contributed by atoms with Gasteiger partial charge in [-0.15, -0.1) is 0 Å². The van der Waals surface area contributed by atoms with Crippen molar-refractivity contribution in [2.75, 3.05) is 25.6 Å². The Kier molecular flexibility index (Phi) is 8.83. The second-order valence-electron chi connectivity index (χ2n) is 6.75. The average Bonchev–Trinajstić information content (AvgIpc) is 2.39. The van der Waals surface area contributed by atoms with Gasteiger partial charge in [-0.1, -0.05) is 51.4 Å². The molecule has 1 rings (SSSR count). The van der Waals surface area contributed by atoms with Crippen LogP contribution in [0.2, 0.25) is 0 Å². The zero-order valence-electron chi connectivity index (χ0n) is 13.9. The summed E-state index contributed by atoms with van der Waals surface area (Å²) in [6.07, 6.45) is 13.8. The molecule has 0 radical (unpaired) electrons. The number of nitrogens with two attached hydrogens (primary N) is 1. The lowest BCUT2D eigenvalue weighted by Gasteiger charge is -2.33. The van der Waals surface area contributed by atoms with Crippen molar-refractivity contribution in [3.05, 3.63) is 0 Å². The molecule has 1 fully saturated rings. The number of hydrogen-bond donors (Lipinski definition) is 1. The van der Waals surface area contributed by atoms with Crippen molar-refractivity contribution in [3.63, 3.8) is 0 Å². The van der Waals surface area contributed by atoms with E-state index in [1.807, 2.05) is 7.05 Å². The van der Waals surface area contributed by atoms with Crippen LogP contribution in [0.4, 0.5) is 0 Å². The molecule has 1 aliphatic carbocycles. The minimum Gasteiger partial charge on any atom is -0.326 e. The third kappa shape index (κ3) is 8.79. The second kappa shape index (κ2) is 9.80. The molecule has 5 heteroatoms. The van der Waals surface area contributed by atoms with Gasteiger partial charge in [0.1, 0.15) is 9.84 Å². The molecule has 1 saturated carbocycles. The lowest BCUT2D eigenvalue weighted by Crippen LogP contribution is -2.47. The Morgan fingerprint density at radius 1 is 0.952 bits per heavy atom. The number of sulfone groups is 1.